The van der Waals surface area contributed by atoms with Gasteiger partial charge in [-0.25, -0.2) is 13.4 Å². The van der Waals surface area contributed by atoms with Crippen LogP contribution in [0.1, 0.15) is 48.5 Å². The van der Waals surface area contributed by atoms with E-state index in [1.54, 1.807) is 30.5 Å². The molecule has 9 nitrogen and oxygen atoms in total. The lowest BCUT2D eigenvalue weighted by atomic mass is 9.92. The standard InChI is InChI=1S/C24H29N5O4S/c25-24(30)17-4-7-23(26-13-17)27-14-18(12-16-8-10-33-11-9-16)29-21-2-1-3-22(20(21)15-28-29)34(31,32)19-5-6-19/h1-4,7,13,15-16,18-19H,5-6,8-12,14H2,(H2,25,30)(H,26,27). The number of hydrogen-bond donors (Lipinski definition) is 2. The van der Waals surface area contributed by atoms with E-state index < -0.39 is 15.7 Å². The predicted molar refractivity (Wildman–Crippen MR) is 128 cm³/mol. The van der Waals surface area contributed by atoms with Crippen molar-refractivity contribution < 1.29 is 17.9 Å². The lowest BCUT2D eigenvalue weighted by Gasteiger charge is -2.27. The van der Waals surface area contributed by atoms with E-state index in [4.69, 9.17) is 10.5 Å². The molecular formula is C24H29N5O4S. The van der Waals surface area contributed by atoms with E-state index in [2.05, 4.69) is 15.4 Å². The van der Waals surface area contributed by atoms with Gasteiger partial charge in [0.25, 0.3) is 0 Å². The van der Waals surface area contributed by atoms with E-state index in [0.29, 0.717) is 34.1 Å². The normalized spacial score (nSPS) is 18.1. The largest absolute Gasteiger partial charge is 0.381 e. The summed E-state index contributed by atoms with van der Waals surface area (Å²) in [6.07, 6.45) is 7.45. The monoisotopic (exact) mass is 483 g/mol. The Balaban J connectivity index is 1.44. The fourth-order valence-electron chi connectivity index (χ4n) is 4.64. The molecule has 1 aliphatic heterocycles. The van der Waals surface area contributed by atoms with Crippen molar-refractivity contribution in [1.82, 2.24) is 14.8 Å². The second kappa shape index (κ2) is 9.34. The first-order chi connectivity index (χ1) is 16.4. The highest BCUT2D eigenvalue weighted by molar-refractivity contribution is 7.92. The molecule has 180 valence electrons. The molecule has 10 heteroatoms. The number of sulfone groups is 1. The minimum Gasteiger partial charge on any atom is -0.381 e. The molecule has 1 saturated heterocycles. The molecule has 1 atom stereocenters. The Kier molecular flexibility index (Phi) is 6.26. The molecule has 0 bridgehead atoms. The van der Waals surface area contributed by atoms with Crippen molar-refractivity contribution in [2.75, 3.05) is 25.1 Å². The number of nitrogens with zero attached hydrogens (tertiary/aromatic N) is 3. The van der Waals surface area contributed by atoms with Gasteiger partial charge in [-0.3, -0.25) is 9.48 Å². The fourth-order valence-corrected chi connectivity index (χ4v) is 6.49. The highest BCUT2D eigenvalue weighted by Crippen LogP contribution is 2.37. The number of pyridine rings is 1. The van der Waals surface area contributed by atoms with Crippen LogP contribution in [0.15, 0.2) is 47.6 Å². The molecule has 1 aromatic carbocycles. The number of benzene rings is 1. The van der Waals surface area contributed by atoms with Crippen LogP contribution < -0.4 is 11.1 Å². The second-order valence-electron chi connectivity index (χ2n) is 9.14. The Morgan fingerprint density at radius 3 is 2.62 bits per heavy atom. The molecule has 0 spiro atoms. The third kappa shape index (κ3) is 4.65. The number of hydrogen-bond acceptors (Lipinski definition) is 7. The minimum atomic E-state index is -3.33. The molecule has 1 amide bonds. The Morgan fingerprint density at radius 1 is 1.15 bits per heavy atom. The van der Waals surface area contributed by atoms with Crippen molar-refractivity contribution in [1.29, 1.82) is 0 Å². The van der Waals surface area contributed by atoms with Crippen LogP contribution in [0, 0.1) is 5.92 Å². The van der Waals surface area contributed by atoms with Crippen LogP contribution in [0.3, 0.4) is 0 Å². The molecule has 0 radical (unpaired) electrons. The van der Waals surface area contributed by atoms with Crippen molar-refractivity contribution in [3.05, 3.63) is 48.3 Å². The van der Waals surface area contributed by atoms with Crippen LogP contribution in [-0.2, 0) is 14.6 Å². The Hall–Kier alpha value is -2.98. The third-order valence-corrected chi connectivity index (χ3v) is 9.05. The van der Waals surface area contributed by atoms with Crippen molar-refractivity contribution in [3.8, 4) is 0 Å². The summed E-state index contributed by atoms with van der Waals surface area (Å²) < 4.78 is 33.4. The molecule has 1 unspecified atom stereocenters. The first kappa shape index (κ1) is 22.8. The van der Waals surface area contributed by atoms with Crippen LogP contribution in [-0.4, -0.2) is 54.1 Å². The van der Waals surface area contributed by atoms with E-state index in [1.165, 1.54) is 6.20 Å². The maximum Gasteiger partial charge on any atom is 0.250 e. The fraction of sp³-hybridized carbons (Fsp3) is 0.458. The summed E-state index contributed by atoms with van der Waals surface area (Å²) in [7, 11) is -3.33. The zero-order valence-electron chi connectivity index (χ0n) is 18.9. The van der Waals surface area contributed by atoms with E-state index in [0.717, 1.165) is 50.8 Å². The van der Waals surface area contributed by atoms with Crippen LogP contribution >= 0.6 is 0 Å². The number of aromatic nitrogens is 3. The van der Waals surface area contributed by atoms with Crippen LogP contribution in [0.25, 0.3) is 10.9 Å². The minimum absolute atomic E-state index is 0.0166. The van der Waals surface area contributed by atoms with Gasteiger partial charge >= 0.3 is 0 Å². The van der Waals surface area contributed by atoms with Gasteiger partial charge in [-0.1, -0.05) is 6.07 Å². The summed E-state index contributed by atoms with van der Waals surface area (Å²) in [5.74, 6) is 0.607. The molecule has 34 heavy (non-hydrogen) atoms. The van der Waals surface area contributed by atoms with Crippen molar-refractivity contribution in [2.45, 2.75) is 48.3 Å². The molecule has 1 aliphatic carbocycles. The summed E-state index contributed by atoms with van der Waals surface area (Å²) >= 11 is 0. The second-order valence-corrected chi connectivity index (χ2v) is 11.3. The van der Waals surface area contributed by atoms with Gasteiger partial charge in [0, 0.05) is 31.3 Å². The SMILES string of the molecule is NC(=O)c1ccc(NCC(CC2CCOCC2)n2ncc3c(S(=O)(=O)C4CC4)cccc32)nc1. The molecule has 3 aromatic rings. The zero-order valence-corrected chi connectivity index (χ0v) is 19.7. The Morgan fingerprint density at radius 2 is 1.94 bits per heavy atom. The molecule has 5 rings (SSSR count). The van der Waals surface area contributed by atoms with Gasteiger partial charge in [-0.15, -0.1) is 0 Å². The quantitative estimate of drug-likeness (QED) is 0.479. The molecule has 2 fully saturated rings. The maximum atomic E-state index is 13.0. The van der Waals surface area contributed by atoms with Gasteiger partial charge in [-0.2, -0.15) is 5.10 Å². The van der Waals surface area contributed by atoms with E-state index in [1.807, 2.05) is 10.7 Å². The maximum absolute atomic E-state index is 13.0. The van der Waals surface area contributed by atoms with Crippen LogP contribution in [0.5, 0.6) is 0 Å². The van der Waals surface area contributed by atoms with Gasteiger partial charge in [0.2, 0.25) is 5.91 Å². The zero-order chi connectivity index (χ0) is 23.7. The summed E-state index contributed by atoms with van der Waals surface area (Å²) in [5.41, 5.74) is 6.48. The lowest BCUT2D eigenvalue weighted by molar-refractivity contribution is 0.0593. The molecule has 3 heterocycles. The highest BCUT2D eigenvalue weighted by Gasteiger charge is 2.38. The van der Waals surface area contributed by atoms with Crippen LogP contribution in [0.4, 0.5) is 5.82 Å². The number of rotatable bonds is 9. The number of fused-ring (bicyclic) bond motifs is 1. The number of nitrogens with two attached hydrogens (primary N) is 1. The number of amides is 1. The number of primary amides is 1. The van der Waals surface area contributed by atoms with Gasteiger partial charge in [0.05, 0.1) is 33.5 Å². The smallest absolute Gasteiger partial charge is 0.250 e. The third-order valence-electron chi connectivity index (χ3n) is 6.73. The van der Waals surface area contributed by atoms with Gasteiger partial charge in [0.15, 0.2) is 9.84 Å². The van der Waals surface area contributed by atoms with E-state index in [9.17, 15) is 13.2 Å². The average Bonchev–Trinajstić information content (AvgIpc) is 3.63. The number of anilines is 1. The van der Waals surface area contributed by atoms with Crippen molar-refractivity contribution in [2.24, 2.45) is 11.7 Å². The van der Waals surface area contributed by atoms with E-state index in [-0.39, 0.29) is 11.3 Å². The lowest BCUT2D eigenvalue weighted by Crippen LogP contribution is -2.26. The first-order valence-electron chi connectivity index (χ1n) is 11.7. The number of carbonyl (C=O) groups excluding carboxylic acids is 1. The molecule has 2 aliphatic rings. The topological polar surface area (TPSA) is 129 Å². The van der Waals surface area contributed by atoms with Gasteiger partial charge in [0.1, 0.15) is 5.82 Å². The summed E-state index contributed by atoms with van der Waals surface area (Å²) in [5, 5.41) is 8.43. The summed E-state index contributed by atoms with van der Waals surface area (Å²) in [4.78, 5) is 16.0. The molecule has 1 saturated carbocycles. The van der Waals surface area contributed by atoms with Crippen molar-refractivity contribution >= 4 is 32.5 Å². The van der Waals surface area contributed by atoms with Gasteiger partial charge in [-0.05, 0) is 62.3 Å². The Bertz CT molecular complexity index is 1280. The molecular weight excluding hydrogens is 454 g/mol. The molecule has 2 aromatic heterocycles. The number of ether oxygens (including phenoxy) is 1. The summed E-state index contributed by atoms with van der Waals surface area (Å²) in [6, 6.07) is 8.79. The van der Waals surface area contributed by atoms with Crippen molar-refractivity contribution in [3.63, 3.8) is 0 Å². The van der Waals surface area contributed by atoms with Gasteiger partial charge < -0.3 is 15.8 Å². The number of nitrogens with one attached hydrogen (secondary N) is 1. The first-order valence-corrected chi connectivity index (χ1v) is 13.3. The van der Waals surface area contributed by atoms with E-state index >= 15 is 0 Å². The highest BCUT2D eigenvalue weighted by atomic mass is 32.2. The van der Waals surface area contributed by atoms with Crippen LogP contribution in [0.2, 0.25) is 0 Å². The average molecular weight is 484 g/mol. The Labute approximate surface area is 198 Å². The predicted octanol–water partition coefficient (Wildman–Crippen LogP) is 2.94. The number of carbonyl (C=O) groups is 1. The summed E-state index contributed by atoms with van der Waals surface area (Å²) in [6.45, 7) is 2.06. The molecule has 3 N–H and O–H groups in total.